The van der Waals surface area contributed by atoms with Gasteiger partial charge in [-0.05, 0) is 6.07 Å². The lowest BCUT2D eigenvalue weighted by Gasteiger charge is -2.14. The maximum Gasteiger partial charge on any atom is 0.169 e. The number of hydrogen-bond acceptors (Lipinski definition) is 5. The lowest BCUT2D eigenvalue weighted by atomic mass is 10.2. The number of nitrogens with one attached hydrogen (secondary N) is 1. The van der Waals surface area contributed by atoms with Crippen LogP contribution in [0.5, 0.6) is 11.5 Å². The van der Waals surface area contributed by atoms with Crippen molar-refractivity contribution in [1.29, 1.82) is 0 Å². The van der Waals surface area contributed by atoms with Crippen LogP contribution in [0.3, 0.4) is 0 Å². The maximum absolute atomic E-state index is 14.2. The minimum atomic E-state index is -0.712. The van der Waals surface area contributed by atoms with Crippen LogP contribution in [0.1, 0.15) is 0 Å². The fourth-order valence-corrected chi connectivity index (χ4v) is 1.97. The largest absolute Gasteiger partial charge is 0.497 e. The Hall–Kier alpha value is -2.34. The highest BCUT2D eigenvalue weighted by molar-refractivity contribution is 6.33. The topological polar surface area (TPSA) is 82.5 Å². The summed E-state index contributed by atoms with van der Waals surface area (Å²) < 4.78 is 24.5. The minimum Gasteiger partial charge on any atom is -0.497 e. The highest BCUT2D eigenvalue weighted by atomic mass is 35.5. The smallest absolute Gasteiger partial charge is 0.169 e. The third-order valence-corrected chi connectivity index (χ3v) is 3.27. The molecular formula is C14H15ClFN3O2. The molecule has 0 amide bonds. The number of benzene rings is 2. The van der Waals surface area contributed by atoms with Gasteiger partial charge in [0, 0.05) is 23.9 Å². The zero-order valence-corrected chi connectivity index (χ0v) is 12.3. The first-order valence-electron chi connectivity index (χ1n) is 5.99. The highest BCUT2D eigenvalue weighted by Crippen LogP contribution is 2.36. The summed E-state index contributed by atoms with van der Waals surface area (Å²) in [5.41, 5.74) is 12.2. The first kappa shape index (κ1) is 15.1. The summed E-state index contributed by atoms with van der Waals surface area (Å²) in [6, 6.07) is 6.43. The molecule has 0 heterocycles. The van der Waals surface area contributed by atoms with Crippen molar-refractivity contribution in [3.05, 3.63) is 35.1 Å². The van der Waals surface area contributed by atoms with Gasteiger partial charge in [-0.3, -0.25) is 0 Å². The third-order valence-electron chi connectivity index (χ3n) is 2.89. The number of methoxy groups -OCH3 is 2. The van der Waals surface area contributed by atoms with Crippen molar-refractivity contribution in [2.75, 3.05) is 31.0 Å². The molecule has 112 valence electrons. The summed E-state index contributed by atoms with van der Waals surface area (Å²) in [5.74, 6) is 0.394. The third kappa shape index (κ3) is 3.05. The molecule has 0 aromatic heterocycles. The molecule has 2 aromatic rings. The molecule has 0 spiro atoms. The van der Waals surface area contributed by atoms with Crippen LogP contribution in [-0.4, -0.2) is 14.2 Å². The number of rotatable bonds is 4. The molecule has 0 fully saturated rings. The van der Waals surface area contributed by atoms with E-state index in [4.69, 9.17) is 32.5 Å². The van der Waals surface area contributed by atoms with Crippen molar-refractivity contribution in [1.82, 2.24) is 0 Å². The molecule has 0 atom stereocenters. The van der Waals surface area contributed by atoms with Gasteiger partial charge in [0.25, 0.3) is 0 Å². The van der Waals surface area contributed by atoms with Crippen molar-refractivity contribution in [2.24, 2.45) is 0 Å². The molecule has 0 bridgehead atoms. The van der Waals surface area contributed by atoms with Gasteiger partial charge in [0.15, 0.2) is 5.82 Å². The highest BCUT2D eigenvalue weighted by Gasteiger charge is 2.15. The zero-order valence-electron chi connectivity index (χ0n) is 11.5. The van der Waals surface area contributed by atoms with Crippen molar-refractivity contribution >= 4 is 34.4 Å². The molecule has 5 N–H and O–H groups in total. The average molecular weight is 312 g/mol. The van der Waals surface area contributed by atoms with E-state index in [1.807, 2.05) is 0 Å². The SMILES string of the molecule is COc1cc(Nc2c(N)cc(N)c(Cl)c2F)cc(OC)c1. The van der Waals surface area contributed by atoms with Crippen molar-refractivity contribution in [3.63, 3.8) is 0 Å². The van der Waals surface area contributed by atoms with Gasteiger partial charge in [-0.1, -0.05) is 11.6 Å². The van der Waals surface area contributed by atoms with E-state index < -0.39 is 5.82 Å². The summed E-state index contributed by atoms with van der Waals surface area (Å²) in [5, 5.41) is 2.68. The van der Waals surface area contributed by atoms with Crippen LogP contribution in [0.25, 0.3) is 0 Å². The lowest BCUT2D eigenvalue weighted by Crippen LogP contribution is -2.03. The molecule has 2 rings (SSSR count). The number of halogens is 2. The number of nitrogens with two attached hydrogens (primary N) is 2. The number of hydrogen-bond donors (Lipinski definition) is 3. The normalized spacial score (nSPS) is 10.3. The van der Waals surface area contributed by atoms with Gasteiger partial charge in [-0.15, -0.1) is 0 Å². The number of ether oxygens (including phenoxy) is 2. The number of anilines is 4. The molecule has 0 aliphatic carbocycles. The van der Waals surface area contributed by atoms with Crippen LogP contribution in [0, 0.1) is 5.82 Å². The van der Waals surface area contributed by atoms with Gasteiger partial charge in [0.1, 0.15) is 16.5 Å². The Morgan fingerprint density at radius 3 is 2.10 bits per heavy atom. The zero-order chi connectivity index (χ0) is 15.6. The minimum absolute atomic E-state index is 0.0458. The molecule has 0 unspecified atom stereocenters. The fourth-order valence-electron chi connectivity index (χ4n) is 1.82. The van der Waals surface area contributed by atoms with E-state index in [-0.39, 0.29) is 22.1 Å². The second-order valence-electron chi connectivity index (χ2n) is 4.28. The van der Waals surface area contributed by atoms with E-state index in [0.717, 1.165) is 0 Å². The van der Waals surface area contributed by atoms with Gasteiger partial charge in [-0.25, -0.2) is 4.39 Å². The molecule has 0 radical (unpaired) electrons. The summed E-state index contributed by atoms with van der Waals surface area (Å²) in [6.45, 7) is 0. The Balaban J connectivity index is 2.45. The quantitative estimate of drug-likeness (QED) is 0.754. The first-order chi connectivity index (χ1) is 9.96. The number of nitrogen functional groups attached to an aromatic ring is 2. The Bertz CT molecular complexity index is 658. The van der Waals surface area contributed by atoms with E-state index >= 15 is 0 Å². The van der Waals surface area contributed by atoms with Gasteiger partial charge < -0.3 is 26.3 Å². The van der Waals surface area contributed by atoms with Gasteiger partial charge in [0.2, 0.25) is 0 Å². The van der Waals surface area contributed by atoms with Crippen LogP contribution in [0.2, 0.25) is 5.02 Å². The van der Waals surface area contributed by atoms with Crippen molar-refractivity contribution in [2.45, 2.75) is 0 Å². The monoisotopic (exact) mass is 311 g/mol. The maximum atomic E-state index is 14.2. The summed E-state index contributed by atoms with van der Waals surface area (Å²) >= 11 is 5.79. The van der Waals surface area contributed by atoms with Gasteiger partial charge in [-0.2, -0.15) is 0 Å². The van der Waals surface area contributed by atoms with E-state index in [1.54, 1.807) is 18.2 Å². The van der Waals surface area contributed by atoms with E-state index in [1.165, 1.54) is 20.3 Å². The van der Waals surface area contributed by atoms with E-state index in [2.05, 4.69) is 5.32 Å². The predicted octanol–water partition coefficient (Wildman–Crippen LogP) is 3.40. The Labute approximate surface area is 126 Å². The Kier molecular flexibility index (Phi) is 4.28. The van der Waals surface area contributed by atoms with Crippen LogP contribution in [-0.2, 0) is 0 Å². The molecular weight excluding hydrogens is 297 g/mol. The van der Waals surface area contributed by atoms with Gasteiger partial charge in [0.05, 0.1) is 31.3 Å². The summed E-state index contributed by atoms with van der Waals surface area (Å²) in [6.07, 6.45) is 0. The Morgan fingerprint density at radius 2 is 1.57 bits per heavy atom. The van der Waals surface area contributed by atoms with Crippen LogP contribution in [0.4, 0.5) is 27.1 Å². The van der Waals surface area contributed by atoms with Crippen molar-refractivity contribution < 1.29 is 13.9 Å². The second kappa shape index (κ2) is 5.97. The van der Waals surface area contributed by atoms with Gasteiger partial charge >= 0.3 is 0 Å². The van der Waals surface area contributed by atoms with Crippen LogP contribution in [0.15, 0.2) is 24.3 Å². The fraction of sp³-hybridized carbons (Fsp3) is 0.143. The van der Waals surface area contributed by atoms with Crippen LogP contribution >= 0.6 is 11.6 Å². The van der Waals surface area contributed by atoms with Crippen LogP contribution < -0.4 is 26.3 Å². The predicted molar refractivity (Wildman–Crippen MR) is 83.1 cm³/mol. The average Bonchev–Trinajstić information content (AvgIpc) is 2.49. The van der Waals surface area contributed by atoms with E-state index in [0.29, 0.717) is 17.2 Å². The van der Waals surface area contributed by atoms with Crippen molar-refractivity contribution in [3.8, 4) is 11.5 Å². The molecule has 7 heteroatoms. The summed E-state index contributed by atoms with van der Waals surface area (Å²) in [4.78, 5) is 0. The standard InChI is InChI=1S/C14H15ClFN3O2/c1-20-8-3-7(4-9(5-8)21-2)19-14-11(18)6-10(17)12(15)13(14)16/h3-6,19H,17-18H2,1-2H3. The molecule has 0 aliphatic rings. The molecule has 0 saturated heterocycles. The molecule has 0 aliphatic heterocycles. The molecule has 0 saturated carbocycles. The molecule has 5 nitrogen and oxygen atoms in total. The summed E-state index contributed by atoms with van der Waals surface area (Å²) in [7, 11) is 3.04. The molecule has 2 aromatic carbocycles. The first-order valence-corrected chi connectivity index (χ1v) is 6.37. The van der Waals surface area contributed by atoms with E-state index in [9.17, 15) is 4.39 Å². The second-order valence-corrected chi connectivity index (χ2v) is 4.66. The molecule has 21 heavy (non-hydrogen) atoms. The Morgan fingerprint density at radius 1 is 1.00 bits per heavy atom. The lowest BCUT2D eigenvalue weighted by molar-refractivity contribution is 0.395.